The molecular weight excluding hydrogens is 196 g/mol. The van der Waals surface area contributed by atoms with Gasteiger partial charge in [-0.05, 0) is 18.4 Å². The highest BCUT2D eigenvalue weighted by Gasteiger charge is 1.98. The van der Waals surface area contributed by atoms with E-state index < -0.39 is 0 Å². The van der Waals surface area contributed by atoms with E-state index in [1.165, 1.54) is 5.56 Å². The van der Waals surface area contributed by atoms with Crippen molar-refractivity contribution in [3.8, 4) is 0 Å². The first-order valence-electron chi connectivity index (χ1n) is 5.51. The third-order valence-corrected chi connectivity index (χ3v) is 2.26. The second kappa shape index (κ2) is 7.66. The number of rotatable bonds is 6. The van der Waals surface area contributed by atoms with Crippen LogP contribution in [-0.2, 0) is 6.42 Å². The van der Waals surface area contributed by atoms with Gasteiger partial charge in [0, 0.05) is 0 Å². The lowest BCUT2D eigenvalue weighted by molar-refractivity contribution is 0.213. The SMILES string of the molecule is C=CC=CC=CC(O)CCc1ccccc1. The van der Waals surface area contributed by atoms with Gasteiger partial charge in [-0.3, -0.25) is 0 Å². The maximum Gasteiger partial charge on any atom is 0.0727 e. The van der Waals surface area contributed by atoms with Crippen LogP contribution in [0.15, 0.2) is 67.3 Å². The van der Waals surface area contributed by atoms with Crippen molar-refractivity contribution in [3.05, 3.63) is 72.9 Å². The predicted molar refractivity (Wildman–Crippen MR) is 69.2 cm³/mol. The highest BCUT2D eigenvalue weighted by atomic mass is 16.3. The fraction of sp³-hybridized carbons (Fsp3) is 0.200. The molecule has 0 saturated carbocycles. The lowest BCUT2D eigenvalue weighted by Gasteiger charge is -2.04. The standard InChI is InChI=1S/C15H18O/c1-2-3-4-8-11-15(16)13-12-14-9-6-5-7-10-14/h2-11,15-16H,1,12-13H2. The van der Waals surface area contributed by atoms with E-state index in [9.17, 15) is 5.11 Å². The maximum absolute atomic E-state index is 9.66. The third-order valence-electron chi connectivity index (χ3n) is 2.26. The molecule has 1 N–H and O–H groups in total. The summed E-state index contributed by atoms with van der Waals surface area (Å²) in [6, 6.07) is 10.2. The van der Waals surface area contributed by atoms with E-state index in [1.807, 2.05) is 36.4 Å². The highest BCUT2D eigenvalue weighted by molar-refractivity contribution is 5.15. The number of aliphatic hydroxyl groups excluding tert-OH is 1. The summed E-state index contributed by atoms with van der Waals surface area (Å²) in [5, 5.41) is 9.66. The zero-order chi connectivity index (χ0) is 11.6. The smallest absolute Gasteiger partial charge is 0.0727 e. The van der Waals surface area contributed by atoms with E-state index >= 15 is 0 Å². The quantitative estimate of drug-likeness (QED) is 0.720. The van der Waals surface area contributed by atoms with Gasteiger partial charge >= 0.3 is 0 Å². The number of hydrogen-bond acceptors (Lipinski definition) is 1. The van der Waals surface area contributed by atoms with Gasteiger partial charge in [0.05, 0.1) is 6.10 Å². The van der Waals surface area contributed by atoms with Gasteiger partial charge in [0.2, 0.25) is 0 Å². The van der Waals surface area contributed by atoms with E-state index in [2.05, 4.69) is 18.7 Å². The molecule has 1 aromatic carbocycles. The maximum atomic E-state index is 9.66. The van der Waals surface area contributed by atoms with Crippen LogP contribution in [0, 0.1) is 0 Å². The molecule has 0 aliphatic carbocycles. The van der Waals surface area contributed by atoms with E-state index in [4.69, 9.17) is 0 Å². The lowest BCUT2D eigenvalue weighted by atomic mass is 10.1. The van der Waals surface area contributed by atoms with Crippen molar-refractivity contribution < 1.29 is 5.11 Å². The zero-order valence-electron chi connectivity index (χ0n) is 9.42. The Morgan fingerprint density at radius 3 is 2.56 bits per heavy atom. The summed E-state index contributed by atoms with van der Waals surface area (Å²) in [7, 11) is 0. The van der Waals surface area contributed by atoms with Crippen LogP contribution in [0.2, 0.25) is 0 Å². The Morgan fingerprint density at radius 1 is 1.12 bits per heavy atom. The highest BCUT2D eigenvalue weighted by Crippen LogP contribution is 2.05. The third kappa shape index (κ3) is 5.32. The molecule has 0 fully saturated rings. The Hall–Kier alpha value is -1.60. The van der Waals surface area contributed by atoms with Crippen LogP contribution in [-0.4, -0.2) is 11.2 Å². The van der Waals surface area contributed by atoms with Gasteiger partial charge in [-0.25, -0.2) is 0 Å². The number of allylic oxidation sites excluding steroid dienone is 4. The summed E-state index contributed by atoms with van der Waals surface area (Å²) in [4.78, 5) is 0. The molecule has 0 aliphatic heterocycles. The fourth-order valence-corrected chi connectivity index (χ4v) is 1.39. The fourth-order valence-electron chi connectivity index (χ4n) is 1.39. The summed E-state index contributed by atoms with van der Waals surface area (Å²) >= 11 is 0. The average Bonchev–Trinajstić information content (AvgIpc) is 2.33. The summed E-state index contributed by atoms with van der Waals surface area (Å²) in [6.07, 6.45) is 10.3. The van der Waals surface area contributed by atoms with Crippen molar-refractivity contribution in [2.75, 3.05) is 0 Å². The summed E-state index contributed by atoms with van der Waals surface area (Å²) in [6.45, 7) is 3.57. The largest absolute Gasteiger partial charge is 0.389 e. The number of aliphatic hydroxyl groups is 1. The molecular formula is C15H18O. The predicted octanol–water partition coefficient (Wildman–Crippen LogP) is 3.28. The Kier molecular flexibility index (Phi) is 5.97. The van der Waals surface area contributed by atoms with Gasteiger partial charge in [-0.2, -0.15) is 0 Å². The van der Waals surface area contributed by atoms with E-state index in [0.717, 1.165) is 12.8 Å². The van der Waals surface area contributed by atoms with Gasteiger partial charge in [0.15, 0.2) is 0 Å². The van der Waals surface area contributed by atoms with Crippen LogP contribution in [0.5, 0.6) is 0 Å². The number of benzene rings is 1. The molecule has 0 radical (unpaired) electrons. The van der Waals surface area contributed by atoms with Crippen LogP contribution in [0.1, 0.15) is 12.0 Å². The molecule has 0 bridgehead atoms. The molecule has 84 valence electrons. The molecule has 1 atom stereocenters. The van der Waals surface area contributed by atoms with Gasteiger partial charge < -0.3 is 5.11 Å². The first kappa shape index (κ1) is 12.5. The first-order valence-corrected chi connectivity index (χ1v) is 5.51. The second-order valence-corrected chi connectivity index (χ2v) is 3.60. The Labute approximate surface area is 97.4 Å². The van der Waals surface area contributed by atoms with Crippen molar-refractivity contribution in [1.82, 2.24) is 0 Å². The molecule has 1 aromatic rings. The molecule has 0 saturated heterocycles. The second-order valence-electron chi connectivity index (χ2n) is 3.60. The van der Waals surface area contributed by atoms with E-state index in [-0.39, 0.29) is 6.10 Å². The Morgan fingerprint density at radius 2 is 1.88 bits per heavy atom. The van der Waals surface area contributed by atoms with Crippen molar-refractivity contribution >= 4 is 0 Å². The molecule has 0 aromatic heterocycles. The molecule has 1 nitrogen and oxygen atoms in total. The molecule has 1 unspecified atom stereocenters. The van der Waals surface area contributed by atoms with E-state index in [0.29, 0.717) is 0 Å². The van der Waals surface area contributed by atoms with Gasteiger partial charge in [0.1, 0.15) is 0 Å². The molecule has 16 heavy (non-hydrogen) atoms. The first-order chi connectivity index (χ1) is 7.83. The minimum absolute atomic E-state index is 0.380. The summed E-state index contributed by atoms with van der Waals surface area (Å²) in [5.41, 5.74) is 1.26. The lowest BCUT2D eigenvalue weighted by Crippen LogP contribution is -2.03. The molecule has 1 heteroatoms. The average molecular weight is 214 g/mol. The molecule has 0 spiro atoms. The topological polar surface area (TPSA) is 20.2 Å². The zero-order valence-corrected chi connectivity index (χ0v) is 9.42. The summed E-state index contributed by atoms with van der Waals surface area (Å²) in [5.74, 6) is 0. The monoisotopic (exact) mass is 214 g/mol. The van der Waals surface area contributed by atoms with Crippen LogP contribution in [0.3, 0.4) is 0 Å². The van der Waals surface area contributed by atoms with E-state index in [1.54, 1.807) is 12.2 Å². The normalized spacial score (nSPS) is 13.3. The minimum atomic E-state index is -0.380. The Bertz CT molecular complexity index is 349. The molecule has 0 heterocycles. The van der Waals surface area contributed by atoms with Gasteiger partial charge in [0.25, 0.3) is 0 Å². The van der Waals surface area contributed by atoms with Crippen LogP contribution >= 0.6 is 0 Å². The molecule has 0 amide bonds. The number of aryl methyl sites for hydroxylation is 1. The summed E-state index contributed by atoms with van der Waals surface area (Å²) < 4.78 is 0. The van der Waals surface area contributed by atoms with Crippen molar-refractivity contribution in [3.63, 3.8) is 0 Å². The van der Waals surface area contributed by atoms with Gasteiger partial charge in [-0.15, -0.1) is 0 Å². The van der Waals surface area contributed by atoms with Crippen LogP contribution in [0.4, 0.5) is 0 Å². The van der Waals surface area contributed by atoms with Crippen LogP contribution < -0.4 is 0 Å². The van der Waals surface area contributed by atoms with Gasteiger partial charge in [-0.1, -0.05) is 67.3 Å². The Balaban J connectivity index is 2.30. The number of hydrogen-bond donors (Lipinski definition) is 1. The molecule has 1 rings (SSSR count). The van der Waals surface area contributed by atoms with Crippen molar-refractivity contribution in [1.29, 1.82) is 0 Å². The molecule has 0 aliphatic rings. The van der Waals surface area contributed by atoms with Crippen LogP contribution in [0.25, 0.3) is 0 Å². The minimum Gasteiger partial charge on any atom is -0.389 e. The van der Waals surface area contributed by atoms with Crippen molar-refractivity contribution in [2.24, 2.45) is 0 Å². The van der Waals surface area contributed by atoms with Crippen molar-refractivity contribution in [2.45, 2.75) is 18.9 Å².